The van der Waals surface area contributed by atoms with Crippen LogP contribution in [0.5, 0.6) is 5.75 Å². The van der Waals surface area contributed by atoms with E-state index in [1.165, 1.54) is 25.5 Å². The topological polar surface area (TPSA) is 88.5 Å². The molecule has 1 aromatic rings. The maximum Gasteiger partial charge on any atom is 0.337 e. The number of ether oxygens (including phenoxy) is 1. The highest BCUT2D eigenvalue weighted by Gasteiger charge is 2.13. The Bertz CT molecular complexity index is 406. The first kappa shape index (κ1) is 12.0. The molecular formula is C10H12N2O4. The standard InChI is InChI=1S/C10H12N2O4/c1-6(9(13)11-2)16-8-3-7(10(14)15)4-12-5-8/h3-6H,1-2H3,(H,11,13)(H,14,15). The second-order valence-corrected chi connectivity index (χ2v) is 3.09. The van der Waals surface area contributed by atoms with Gasteiger partial charge in [0.05, 0.1) is 11.8 Å². The molecule has 6 heteroatoms. The number of aromatic nitrogens is 1. The molecule has 1 amide bonds. The largest absolute Gasteiger partial charge is 0.479 e. The van der Waals surface area contributed by atoms with E-state index in [1.54, 1.807) is 6.92 Å². The summed E-state index contributed by atoms with van der Waals surface area (Å²) in [5.41, 5.74) is 0.0154. The molecule has 0 aliphatic carbocycles. The van der Waals surface area contributed by atoms with Gasteiger partial charge in [0, 0.05) is 13.2 Å². The SMILES string of the molecule is CNC(=O)C(C)Oc1cncc(C(=O)O)c1. The van der Waals surface area contributed by atoms with Gasteiger partial charge in [-0.15, -0.1) is 0 Å². The number of nitrogens with zero attached hydrogens (tertiary/aromatic N) is 1. The first-order chi connectivity index (χ1) is 7.54. The summed E-state index contributed by atoms with van der Waals surface area (Å²) in [6, 6.07) is 1.31. The van der Waals surface area contributed by atoms with Crippen LogP contribution in [-0.2, 0) is 4.79 Å². The number of pyridine rings is 1. The van der Waals surface area contributed by atoms with Gasteiger partial charge in [-0.3, -0.25) is 9.78 Å². The smallest absolute Gasteiger partial charge is 0.337 e. The van der Waals surface area contributed by atoms with Crippen LogP contribution in [0.3, 0.4) is 0 Å². The third-order valence-corrected chi connectivity index (χ3v) is 1.89. The number of carbonyl (C=O) groups excluding carboxylic acids is 1. The summed E-state index contributed by atoms with van der Waals surface area (Å²) in [6.07, 6.45) is 1.86. The van der Waals surface area contributed by atoms with Crippen molar-refractivity contribution in [2.75, 3.05) is 7.05 Å². The normalized spacial score (nSPS) is 11.6. The molecule has 0 aliphatic heterocycles. The molecule has 6 nitrogen and oxygen atoms in total. The van der Waals surface area contributed by atoms with E-state index < -0.39 is 12.1 Å². The number of carboxylic acids is 1. The number of rotatable bonds is 4. The Kier molecular flexibility index (Phi) is 3.82. The number of carboxylic acid groups (broad SMARTS) is 1. The van der Waals surface area contributed by atoms with Crippen LogP contribution in [0.15, 0.2) is 18.5 Å². The third kappa shape index (κ3) is 2.94. The Hall–Kier alpha value is -2.11. The van der Waals surface area contributed by atoms with Gasteiger partial charge in [0.25, 0.3) is 5.91 Å². The van der Waals surface area contributed by atoms with Crippen molar-refractivity contribution in [2.24, 2.45) is 0 Å². The van der Waals surface area contributed by atoms with E-state index in [0.29, 0.717) is 0 Å². The van der Waals surface area contributed by atoms with Gasteiger partial charge in [-0.1, -0.05) is 0 Å². The third-order valence-electron chi connectivity index (χ3n) is 1.89. The Morgan fingerprint density at radius 2 is 2.19 bits per heavy atom. The minimum Gasteiger partial charge on any atom is -0.479 e. The number of hydrogen-bond donors (Lipinski definition) is 2. The monoisotopic (exact) mass is 224 g/mol. The van der Waals surface area contributed by atoms with Gasteiger partial charge in [-0.05, 0) is 13.0 Å². The van der Waals surface area contributed by atoms with Crippen molar-refractivity contribution in [3.05, 3.63) is 24.0 Å². The van der Waals surface area contributed by atoms with E-state index >= 15 is 0 Å². The lowest BCUT2D eigenvalue weighted by Gasteiger charge is -2.12. The van der Waals surface area contributed by atoms with Crippen LogP contribution >= 0.6 is 0 Å². The van der Waals surface area contributed by atoms with Crippen molar-refractivity contribution >= 4 is 11.9 Å². The highest BCUT2D eigenvalue weighted by atomic mass is 16.5. The van der Waals surface area contributed by atoms with Crippen LogP contribution in [0.1, 0.15) is 17.3 Å². The molecule has 1 unspecified atom stereocenters. The van der Waals surface area contributed by atoms with Crippen molar-refractivity contribution in [1.82, 2.24) is 10.3 Å². The average Bonchev–Trinajstić information content (AvgIpc) is 2.28. The lowest BCUT2D eigenvalue weighted by atomic mass is 10.3. The molecule has 16 heavy (non-hydrogen) atoms. The highest BCUT2D eigenvalue weighted by Crippen LogP contribution is 2.13. The van der Waals surface area contributed by atoms with E-state index in [0.717, 1.165) is 0 Å². The van der Waals surface area contributed by atoms with Crippen molar-refractivity contribution in [1.29, 1.82) is 0 Å². The molecule has 0 saturated heterocycles. The molecule has 1 aromatic heterocycles. The Balaban J connectivity index is 2.78. The molecule has 0 aromatic carbocycles. The maximum atomic E-state index is 11.2. The molecular weight excluding hydrogens is 212 g/mol. The molecule has 0 aliphatic rings. The van der Waals surface area contributed by atoms with Gasteiger partial charge < -0.3 is 15.2 Å². The predicted octanol–water partition coefficient (Wildman–Crippen LogP) is 0.293. The van der Waals surface area contributed by atoms with Crippen molar-refractivity contribution in [2.45, 2.75) is 13.0 Å². The highest BCUT2D eigenvalue weighted by molar-refractivity contribution is 5.87. The van der Waals surface area contributed by atoms with Crippen LogP contribution in [-0.4, -0.2) is 35.1 Å². The summed E-state index contributed by atoms with van der Waals surface area (Å²) in [4.78, 5) is 25.5. The fourth-order valence-corrected chi connectivity index (χ4v) is 1.06. The zero-order valence-corrected chi connectivity index (χ0v) is 8.93. The quantitative estimate of drug-likeness (QED) is 0.767. The summed E-state index contributed by atoms with van der Waals surface area (Å²) in [7, 11) is 1.49. The summed E-state index contributed by atoms with van der Waals surface area (Å²) in [6.45, 7) is 1.56. The van der Waals surface area contributed by atoms with Crippen LogP contribution < -0.4 is 10.1 Å². The maximum absolute atomic E-state index is 11.2. The molecule has 0 spiro atoms. The van der Waals surface area contributed by atoms with E-state index in [2.05, 4.69) is 10.3 Å². The molecule has 1 heterocycles. The first-order valence-corrected chi connectivity index (χ1v) is 4.61. The number of carbonyl (C=O) groups is 2. The van der Waals surface area contributed by atoms with Crippen molar-refractivity contribution in [3.63, 3.8) is 0 Å². The molecule has 86 valence electrons. The minimum absolute atomic E-state index is 0.0154. The number of likely N-dealkylation sites (N-methyl/N-ethyl adjacent to an activating group) is 1. The fraction of sp³-hybridized carbons (Fsp3) is 0.300. The zero-order valence-electron chi connectivity index (χ0n) is 8.93. The van der Waals surface area contributed by atoms with Crippen LogP contribution in [0.2, 0.25) is 0 Å². The van der Waals surface area contributed by atoms with Gasteiger partial charge in [-0.25, -0.2) is 4.79 Å². The molecule has 2 N–H and O–H groups in total. The summed E-state index contributed by atoms with van der Waals surface area (Å²) >= 11 is 0. The van der Waals surface area contributed by atoms with Crippen molar-refractivity contribution < 1.29 is 19.4 Å². The first-order valence-electron chi connectivity index (χ1n) is 4.61. The summed E-state index contributed by atoms with van der Waals surface area (Å²) in [5.74, 6) is -1.14. The average molecular weight is 224 g/mol. The van der Waals surface area contributed by atoms with Crippen LogP contribution in [0, 0.1) is 0 Å². The van der Waals surface area contributed by atoms with E-state index in [-0.39, 0.29) is 17.2 Å². The second kappa shape index (κ2) is 5.11. The summed E-state index contributed by atoms with van der Waals surface area (Å²) in [5, 5.41) is 11.1. The zero-order chi connectivity index (χ0) is 12.1. The second-order valence-electron chi connectivity index (χ2n) is 3.09. The van der Waals surface area contributed by atoms with Gasteiger partial charge in [0.15, 0.2) is 6.10 Å². The molecule has 1 rings (SSSR count). The van der Waals surface area contributed by atoms with Crippen molar-refractivity contribution in [3.8, 4) is 5.75 Å². The molecule has 0 saturated carbocycles. The number of amides is 1. The Labute approximate surface area is 92.3 Å². The van der Waals surface area contributed by atoms with Crippen LogP contribution in [0.25, 0.3) is 0 Å². The minimum atomic E-state index is -1.09. The van der Waals surface area contributed by atoms with E-state index in [9.17, 15) is 9.59 Å². The van der Waals surface area contributed by atoms with Gasteiger partial charge in [-0.2, -0.15) is 0 Å². The molecule has 0 bridgehead atoms. The number of aromatic carboxylic acids is 1. The fourth-order valence-electron chi connectivity index (χ4n) is 1.06. The van der Waals surface area contributed by atoms with Gasteiger partial charge in [0.2, 0.25) is 0 Å². The Morgan fingerprint density at radius 1 is 1.50 bits per heavy atom. The van der Waals surface area contributed by atoms with Gasteiger partial charge in [0.1, 0.15) is 5.75 Å². The molecule has 0 fully saturated rings. The van der Waals surface area contributed by atoms with E-state index in [4.69, 9.17) is 9.84 Å². The lowest BCUT2D eigenvalue weighted by molar-refractivity contribution is -0.126. The summed E-state index contributed by atoms with van der Waals surface area (Å²) < 4.78 is 5.22. The van der Waals surface area contributed by atoms with E-state index in [1.807, 2.05) is 0 Å². The van der Waals surface area contributed by atoms with Crippen LogP contribution in [0.4, 0.5) is 0 Å². The molecule has 1 atom stereocenters. The Morgan fingerprint density at radius 3 is 2.75 bits per heavy atom. The predicted molar refractivity (Wildman–Crippen MR) is 55.4 cm³/mol. The molecule has 0 radical (unpaired) electrons. The lowest BCUT2D eigenvalue weighted by Crippen LogP contribution is -2.33. The number of hydrogen-bond acceptors (Lipinski definition) is 4. The number of nitrogens with one attached hydrogen (secondary N) is 1. The van der Waals surface area contributed by atoms with Gasteiger partial charge >= 0.3 is 5.97 Å².